The third-order valence-corrected chi connectivity index (χ3v) is 3.39. The molecular weight excluding hydrogens is 310 g/mol. The van der Waals surface area contributed by atoms with E-state index in [-0.39, 0.29) is 38.5 Å². The molecule has 0 aromatic carbocycles. The molecule has 0 atom stereocenters. The molecule has 124 valence electrons. The zero-order chi connectivity index (χ0) is 17.0. The van der Waals surface area contributed by atoms with E-state index in [4.69, 9.17) is 4.74 Å². The van der Waals surface area contributed by atoms with Crippen LogP contribution in [0, 0.1) is 20.2 Å². The van der Waals surface area contributed by atoms with E-state index in [1.807, 2.05) is 0 Å². The first-order valence-electron chi connectivity index (χ1n) is 6.89. The molecule has 2 heterocycles. The summed E-state index contributed by atoms with van der Waals surface area (Å²) >= 11 is 0. The van der Waals surface area contributed by atoms with Crippen LogP contribution < -0.4 is 4.90 Å². The lowest BCUT2D eigenvalue weighted by atomic mass is 10.2. The van der Waals surface area contributed by atoms with Crippen LogP contribution in [-0.4, -0.2) is 58.6 Å². The third kappa shape index (κ3) is 3.44. The number of nitrogens with zero attached hydrogens (tertiary/aromatic N) is 5. The molecule has 1 fully saturated rings. The largest absolute Gasteiger partial charge is 0.450 e. The van der Waals surface area contributed by atoms with Gasteiger partial charge in [0.15, 0.2) is 5.69 Å². The molecule has 0 bridgehead atoms. The number of piperazine rings is 1. The average Bonchev–Trinajstić information content (AvgIpc) is 2.54. The van der Waals surface area contributed by atoms with Crippen LogP contribution in [0.4, 0.5) is 21.9 Å². The minimum Gasteiger partial charge on any atom is -0.450 e. The number of nitro groups is 2. The van der Waals surface area contributed by atoms with Gasteiger partial charge in [0, 0.05) is 26.2 Å². The number of amides is 1. The molecule has 0 saturated carbocycles. The molecular formula is C12H15N5O6. The van der Waals surface area contributed by atoms with E-state index < -0.39 is 27.3 Å². The fraction of sp³-hybridized carbons (Fsp3) is 0.500. The van der Waals surface area contributed by atoms with Gasteiger partial charge < -0.3 is 14.5 Å². The Hall–Kier alpha value is -2.98. The van der Waals surface area contributed by atoms with Gasteiger partial charge in [0.05, 0.1) is 16.5 Å². The molecule has 1 aromatic heterocycles. The quantitative estimate of drug-likeness (QED) is 0.595. The normalized spacial score (nSPS) is 14.5. The van der Waals surface area contributed by atoms with Crippen molar-refractivity contribution in [1.82, 2.24) is 9.88 Å². The van der Waals surface area contributed by atoms with E-state index in [1.54, 1.807) is 6.92 Å². The summed E-state index contributed by atoms with van der Waals surface area (Å²) in [6.45, 7) is 2.91. The van der Waals surface area contributed by atoms with Gasteiger partial charge >= 0.3 is 17.5 Å². The van der Waals surface area contributed by atoms with Crippen molar-refractivity contribution in [3.8, 4) is 0 Å². The van der Waals surface area contributed by atoms with Gasteiger partial charge in [-0.2, -0.15) is 0 Å². The summed E-state index contributed by atoms with van der Waals surface area (Å²) in [5, 5.41) is 22.3. The van der Waals surface area contributed by atoms with Crippen molar-refractivity contribution < 1.29 is 19.4 Å². The Bertz CT molecular complexity index is 596. The summed E-state index contributed by atoms with van der Waals surface area (Å²) in [5.41, 5.74) is -0.939. The Morgan fingerprint density at radius 2 is 1.70 bits per heavy atom. The number of ether oxygens (including phenoxy) is 1. The molecule has 0 unspecified atom stereocenters. The lowest BCUT2D eigenvalue weighted by Crippen LogP contribution is -2.49. The predicted molar refractivity (Wildman–Crippen MR) is 78.4 cm³/mol. The molecule has 11 heteroatoms. The smallest absolute Gasteiger partial charge is 0.409 e. The summed E-state index contributed by atoms with van der Waals surface area (Å²) in [7, 11) is 0. The lowest BCUT2D eigenvalue weighted by Gasteiger charge is -2.34. The average molecular weight is 325 g/mol. The van der Waals surface area contributed by atoms with Crippen LogP contribution in [0.15, 0.2) is 12.4 Å². The van der Waals surface area contributed by atoms with E-state index >= 15 is 0 Å². The molecule has 1 amide bonds. The summed E-state index contributed by atoms with van der Waals surface area (Å²) in [6.07, 6.45) is 1.51. The van der Waals surface area contributed by atoms with Crippen LogP contribution in [-0.2, 0) is 4.74 Å². The first-order chi connectivity index (χ1) is 11.0. The Labute approximate surface area is 130 Å². The van der Waals surface area contributed by atoms with Crippen molar-refractivity contribution in [3.05, 3.63) is 32.6 Å². The highest BCUT2D eigenvalue weighted by atomic mass is 16.6. The number of aromatic nitrogens is 1. The Morgan fingerprint density at radius 3 is 2.13 bits per heavy atom. The van der Waals surface area contributed by atoms with Crippen molar-refractivity contribution in [2.24, 2.45) is 0 Å². The van der Waals surface area contributed by atoms with Gasteiger partial charge in [-0.1, -0.05) is 0 Å². The molecule has 0 radical (unpaired) electrons. The minimum atomic E-state index is -0.701. The van der Waals surface area contributed by atoms with Crippen LogP contribution in [0.2, 0.25) is 0 Å². The van der Waals surface area contributed by atoms with Gasteiger partial charge in [0.1, 0.15) is 12.4 Å². The fourth-order valence-corrected chi connectivity index (χ4v) is 2.35. The van der Waals surface area contributed by atoms with Crippen LogP contribution in [0.5, 0.6) is 0 Å². The number of carbonyl (C=O) groups excluding carboxylic acids is 1. The number of hydrogen-bond acceptors (Lipinski definition) is 8. The Kier molecular flexibility index (Phi) is 4.88. The van der Waals surface area contributed by atoms with Crippen molar-refractivity contribution in [2.45, 2.75) is 6.92 Å². The van der Waals surface area contributed by atoms with Crippen molar-refractivity contribution in [3.63, 3.8) is 0 Å². The predicted octanol–water partition coefficient (Wildman–Crippen LogP) is 1.18. The zero-order valence-electron chi connectivity index (χ0n) is 12.4. The monoisotopic (exact) mass is 325 g/mol. The first kappa shape index (κ1) is 16.4. The maximum Gasteiger partial charge on any atom is 0.409 e. The van der Waals surface area contributed by atoms with Gasteiger partial charge in [-0.15, -0.1) is 0 Å². The number of hydrogen-bond donors (Lipinski definition) is 0. The second kappa shape index (κ2) is 6.85. The lowest BCUT2D eigenvalue weighted by molar-refractivity contribution is -0.393. The summed E-state index contributed by atoms with van der Waals surface area (Å²) in [6, 6.07) is 0. The van der Waals surface area contributed by atoms with Crippen LogP contribution >= 0.6 is 0 Å². The third-order valence-electron chi connectivity index (χ3n) is 3.39. The van der Waals surface area contributed by atoms with Gasteiger partial charge in [-0.25, -0.2) is 4.79 Å². The van der Waals surface area contributed by atoms with E-state index in [2.05, 4.69) is 4.98 Å². The molecule has 23 heavy (non-hydrogen) atoms. The van der Waals surface area contributed by atoms with Crippen LogP contribution in [0.25, 0.3) is 0 Å². The maximum absolute atomic E-state index is 11.7. The molecule has 0 N–H and O–H groups in total. The van der Waals surface area contributed by atoms with Gasteiger partial charge in [0.25, 0.3) is 0 Å². The van der Waals surface area contributed by atoms with Gasteiger partial charge in [-0.05, 0) is 6.92 Å². The zero-order valence-corrected chi connectivity index (χ0v) is 12.4. The topological polar surface area (TPSA) is 132 Å². The first-order valence-corrected chi connectivity index (χ1v) is 6.89. The molecule has 0 spiro atoms. The van der Waals surface area contributed by atoms with E-state index in [0.717, 1.165) is 12.4 Å². The van der Waals surface area contributed by atoms with Crippen molar-refractivity contribution in [2.75, 3.05) is 37.7 Å². The maximum atomic E-state index is 11.7. The second-order valence-electron chi connectivity index (χ2n) is 4.71. The Morgan fingerprint density at radius 1 is 1.17 bits per heavy atom. The summed E-state index contributed by atoms with van der Waals surface area (Å²) in [4.78, 5) is 39.0. The van der Waals surface area contributed by atoms with Crippen molar-refractivity contribution in [1.29, 1.82) is 0 Å². The molecule has 0 aliphatic carbocycles. The van der Waals surface area contributed by atoms with Gasteiger partial charge in [-0.3, -0.25) is 25.2 Å². The molecule has 1 saturated heterocycles. The van der Waals surface area contributed by atoms with E-state index in [0.29, 0.717) is 0 Å². The molecule has 1 aliphatic rings. The number of carbonyl (C=O) groups is 1. The molecule has 1 aromatic rings. The highest BCUT2D eigenvalue weighted by Crippen LogP contribution is 2.36. The summed E-state index contributed by atoms with van der Waals surface area (Å²) in [5.74, 6) is 0. The molecule has 2 rings (SSSR count). The van der Waals surface area contributed by atoms with Gasteiger partial charge in [0.2, 0.25) is 0 Å². The molecule has 11 nitrogen and oxygen atoms in total. The van der Waals surface area contributed by atoms with E-state index in [1.165, 1.54) is 9.80 Å². The van der Waals surface area contributed by atoms with Crippen molar-refractivity contribution >= 4 is 23.2 Å². The van der Waals surface area contributed by atoms with Crippen LogP contribution in [0.3, 0.4) is 0 Å². The van der Waals surface area contributed by atoms with E-state index in [9.17, 15) is 25.0 Å². The highest BCUT2D eigenvalue weighted by molar-refractivity contribution is 5.74. The number of anilines is 1. The SMILES string of the molecule is CCOC(=O)N1CCN(c2c([N+](=O)[O-])cncc2[N+](=O)[O-])CC1. The van der Waals surface area contributed by atoms with Crippen LogP contribution in [0.1, 0.15) is 6.92 Å². The Balaban J connectivity index is 2.25. The number of pyridine rings is 1. The fourth-order valence-electron chi connectivity index (χ4n) is 2.35. The molecule has 1 aliphatic heterocycles. The second-order valence-corrected chi connectivity index (χ2v) is 4.71. The standard InChI is InChI=1S/C12H15N5O6/c1-2-23-12(18)15-5-3-14(4-6-15)11-9(16(19)20)7-13-8-10(11)17(21)22/h7-8H,2-6H2,1H3. The minimum absolute atomic E-state index is 0.0847. The summed E-state index contributed by atoms with van der Waals surface area (Å²) < 4.78 is 4.89. The number of rotatable bonds is 4. The highest BCUT2D eigenvalue weighted by Gasteiger charge is 2.33.